The molecular weight excluding hydrogens is 320 g/mol. The zero-order valence-electron chi connectivity index (χ0n) is 12.9. The van der Waals surface area contributed by atoms with E-state index in [1.807, 2.05) is 36.4 Å². The van der Waals surface area contributed by atoms with Gasteiger partial charge in [0.2, 0.25) is 5.91 Å². The number of carbonyl (C=O) groups is 1. The molecule has 4 nitrogen and oxygen atoms in total. The van der Waals surface area contributed by atoms with Crippen molar-refractivity contribution in [2.75, 3.05) is 0 Å². The molecule has 5 heteroatoms. The average molecular weight is 336 g/mol. The first-order valence-electron chi connectivity index (χ1n) is 7.57. The van der Waals surface area contributed by atoms with Crippen LogP contribution < -0.4 is 5.32 Å². The Balaban J connectivity index is 1.89. The summed E-state index contributed by atoms with van der Waals surface area (Å²) >= 11 is 1.45. The van der Waals surface area contributed by atoms with Gasteiger partial charge in [0.25, 0.3) is 0 Å². The van der Waals surface area contributed by atoms with Crippen LogP contribution in [-0.2, 0) is 10.5 Å². The fourth-order valence-electron chi connectivity index (χ4n) is 2.69. The summed E-state index contributed by atoms with van der Waals surface area (Å²) in [5, 5.41) is 22.7. The minimum absolute atomic E-state index is 0.113. The highest BCUT2D eigenvalue weighted by Gasteiger charge is 2.29. The highest BCUT2D eigenvalue weighted by atomic mass is 32.2. The summed E-state index contributed by atoms with van der Waals surface area (Å²) in [6.45, 7) is 0. The third-order valence-electron chi connectivity index (χ3n) is 3.85. The number of amides is 1. The number of benzene rings is 2. The molecule has 2 aromatic carbocycles. The van der Waals surface area contributed by atoms with Crippen molar-refractivity contribution in [1.82, 2.24) is 5.32 Å². The number of nitriles is 1. The van der Waals surface area contributed by atoms with Crippen LogP contribution in [0.2, 0.25) is 0 Å². The lowest BCUT2D eigenvalue weighted by atomic mass is 9.87. The van der Waals surface area contributed by atoms with E-state index >= 15 is 0 Å². The van der Waals surface area contributed by atoms with Crippen molar-refractivity contribution in [2.45, 2.75) is 18.1 Å². The van der Waals surface area contributed by atoms with Crippen LogP contribution in [0, 0.1) is 11.3 Å². The van der Waals surface area contributed by atoms with Crippen molar-refractivity contribution in [2.24, 2.45) is 0 Å². The Labute approximate surface area is 144 Å². The van der Waals surface area contributed by atoms with Crippen molar-refractivity contribution in [3.63, 3.8) is 0 Å². The lowest BCUT2D eigenvalue weighted by Crippen LogP contribution is -2.30. The van der Waals surface area contributed by atoms with Crippen LogP contribution >= 0.6 is 11.8 Å². The summed E-state index contributed by atoms with van der Waals surface area (Å²) in [7, 11) is 0. The van der Waals surface area contributed by atoms with Crippen LogP contribution in [0.15, 0.2) is 65.2 Å². The summed E-state index contributed by atoms with van der Waals surface area (Å²) in [4.78, 5) is 12.1. The molecule has 0 saturated heterocycles. The van der Waals surface area contributed by atoms with Gasteiger partial charge >= 0.3 is 0 Å². The van der Waals surface area contributed by atoms with Gasteiger partial charge in [0, 0.05) is 18.1 Å². The molecule has 3 rings (SSSR count). The van der Waals surface area contributed by atoms with E-state index in [2.05, 4.69) is 11.4 Å². The van der Waals surface area contributed by atoms with E-state index < -0.39 is 0 Å². The second-order valence-electron chi connectivity index (χ2n) is 5.53. The highest BCUT2D eigenvalue weighted by molar-refractivity contribution is 8.02. The quantitative estimate of drug-likeness (QED) is 0.893. The predicted molar refractivity (Wildman–Crippen MR) is 94.0 cm³/mol. The van der Waals surface area contributed by atoms with Crippen LogP contribution in [0.25, 0.3) is 0 Å². The Morgan fingerprint density at radius 3 is 2.71 bits per heavy atom. The maximum atomic E-state index is 12.1. The number of phenolic OH excluding ortho intramolecular Hbond substituents is 1. The van der Waals surface area contributed by atoms with E-state index in [1.54, 1.807) is 18.2 Å². The van der Waals surface area contributed by atoms with E-state index in [9.17, 15) is 15.2 Å². The molecule has 1 atom stereocenters. The fourth-order valence-corrected chi connectivity index (χ4v) is 3.72. The summed E-state index contributed by atoms with van der Waals surface area (Å²) in [5.74, 6) is 0.371. The first kappa shape index (κ1) is 16.2. The van der Waals surface area contributed by atoms with Crippen molar-refractivity contribution in [3.8, 4) is 11.8 Å². The molecule has 2 aromatic rings. The largest absolute Gasteiger partial charge is 0.508 e. The Morgan fingerprint density at radius 2 is 2.00 bits per heavy atom. The molecule has 0 saturated carbocycles. The molecule has 0 aromatic heterocycles. The van der Waals surface area contributed by atoms with Gasteiger partial charge in [-0.1, -0.05) is 42.5 Å². The lowest BCUT2D eigenvalue weighted by molar-refractivity contribution is -0.120. The van der Waals surface area contributed by atoms with Gasteiger partial charge in [-0.2, -0.15) is 5.26 Å². The first-order chi connectivity index (χ1) is 11.7. The van der Waals surface area contributed by atoms with E-state index in [-0.39, 0.29) is 24.0 Å². The molecule has 1 heterocycles. The Kier molecular flexibility index (Phi) is 4.88. The second kappa shape index (κ2) is 7.24. The maximum absolute atomic E-state index is 12.1. The Hall–Kier alpha value is -2.71. The predicted octanol–water partition coefficient (Wildman–Crippen LogP) is 3.66. The van der Waals surface area contributed by atoms with Gasteiger partial charge in [-0.05, 0) is 23.3 Å². The Bertz CT molecular complexity index is 825. The van der Waals surface area contributed by atoms with Crippen molar-refractivity contribution in [3.05, 3.63) is 76.3 Å². The number of nitrogens with one attached hydrogen (secondary N) is 1. The molecule has 0 aliphatic carbocycles. The molecule has 120 valence electrons. The van der Waals surface area contributed by atoms with Crippen molar-refractivity contribution in [1.29, 1.82) is 5.26 Å². The van der Waals surface area contributed by atoms with Crippen LogP contribution in [0.1, 0.15) is 23.5 Å². The SMILES string of the molecule is N#CC1=C(SCc2ccccc2)NC(=O)C[C@@H]1c1cccc(O)c1. The molecule has 0 unspecified atom stereocenters. The summed E-state index contributed by atoms with van der Waals surface area (Å²) in [6.07, 6.45) is 0.210. The monoisotopic (exact) mass is 336 g/mol. The number of thioether (sulfide) groups is 1. The van der Waals surface area contributed by atoms with Crippen LogP contribution in [0.5, 0.6) is 5.75 Å². The number of aromatic hydroxyl groups is 1. The van der Waals surface area contributed by atoms with E-state index in [0.29, 0.717) is 16.4 Å². The van der Waals surface area contributed by atoms with Gasteiger partial charge < -0.3 is 10.4 Å². The number of nitrogens with zero attached hydrogens (tertiary/aromatic N) is 1. The maximum Gasteiger partial charge on any atom is 0.225 e. The molecule has 1 aliphatic heterocycles. The molecule has 1 aliphatic rings. The number of allylic oxidation sites excluding steroid dienone is 1. The zero-order valence-corrected chi connectivity index (χ0v) is 13.7. The summed E-state index contributed by atoms with van der Waals surface area (Å²) in [5.41, 5.74) is 2.45. The number of hydrogen-bond acceptors (Lipinski definition) is 4. The van der Waals surface area contributed by atoms with Crippen LogP contribution in [0.4, 0.5) is 0 Å². The molecule has 0 radical (unpaired) electrons. The Morgan fingerprint density at radius 1 is 1.21 bits per heavy atom. The van der Waals surface area contributed by atoms with Crippen LogP contribution in [0.3, 0.4) is 0 Å². The summed E-state index contributed by atoms with van der Waals surface area (Å²) in [6, 6.07) is 18.9. The molecule has 0 bridgehead atoms. The third-order valence-corrected chi connectivity index (χ3v) is 4.94. The van der Waals surface area contributed by atoms with Crippen molar-refractivity contribution < 1.29 is 9.90 Å². The van der Waals surface area contributed by atoms with Gasteiger partial charge in [0.1, 0.15) is 5.75 Å². The van der Waals surface area contributed by atoms with Gasteiger partial charge in [0.15, 0.2) is 0 Å². The normalized spacial score (nSPS) is 17.3. The number of phenols is 1. The lowest BCUT2D eigenvalue weighted by Gasteiger charge is -2.25. The molecule has 1 amide bonds. The van der Waals surface area contributed by atoms with E-state index in [0.717, 1.165) is 11.1 Å². The standard InChI is InChI=1S/C19H16N2O2S/c20-11-17-16(14-7-4-8-15(22)9-14)10-18(23)21-19(17)24-12-13-5-2-1-3-6-13/h1-9,16,22H,10,12H2,(H,21,23)/t16-/m1/s1. The number of hydrogen-bond donors (Lipinski definition) is 2. The minimum Gasteiger partial charge on any atom is -0.508 e. The molecule has 2 N–H and O–H groups in total. The van der Waals surface area contributed by atoms with Gasteiger partial charge in [-0.25, -0.2) is 0 Å². The van der Waals surface area contributed by atoms with Gasteiger partial charge in [-0.3, -0.25) is 4.79 Å². The van der Waals surface area contributed by atoms with Crippen LogP contribution in [-0.4, -0.2) is 11.0 Å². The number of carbonyl (C=O) groups excluding carboxylic acids is 1. The van der Waals surface area contributed by atoms with E-state index in [4.69, 9.17) is 0 Å². The number of rotatable bonds is 4. The third kappa shape index (κ3) is 3.61. The molecule has 0 spiro atoms. The highest BCUT2D eigenvalue weighted by Crippen LogP contribution is 2.37. The first-order valence-corrected chi connectivity index (χ1v) is 8.55. The molecule has 0 fully saturated rings. The average Bonchev–Trinajstić information content (AvgIpc) is 2.60. The summed E-state index contributed by atoms with van der Waals surface area (Å²) < 4.78 is 0. The van der Waals surface area contributed by atoms with Gasteiger partial charge in [-0.15, -0.1) is 11.8 Å². The zero-order chi connectivity index (χ0) is 16.9. The molecule has 24 heavy (non-hydrogen) atoms. The molecular formula is C19H16N2O2S. The topological polar surface area (TPSA) is 73.1 Å². The minimum atomic E-state index is -0.325. The van der Waals surface area contributed by atoms with Crippen molar-refractivity contribution >= 4 is 17.7 Å². The van der Waals surface area contributed by atoms with Gasteiger partial charge in [0.05, 0.1) is 16.7 Å². The smallest absolute Gasteiger partial charge is 0.225 e. The van der Waals surface area contributed by atoms with E-state index in [1.165, 1.54) is 11.8 Å². The second-order valence-corrected chi connectivity index (χ2v) is 6.51. The fraction of sp³-hybridized carbons (Fsp3) is 0.158.